The first-order chi connectivity index (χ1) is 9.63. The fourth-order valence-corrected chi connectivity index (χ4v) is 2.10. The van der Waals surface area contributed by atoms with Crippen molar-refractivity contribution >= 4 is 5.96 Å². The molecule has 0 aliphatic heterocycles. The van der Waals surface area contributed by atoms with Gasteiger partial charge in [-0.3, -0.25) is 4.99 Å². The van der Waals surface area contributed by atoms with Crippen molar-refractivity contribution in [2.75, 3.05) is 40.4 Å². The SMILES string of the molecule is CN=C(NCCCCC(C)C)N(C)CCOCC1CC1. The maximum Gasteiger partial charge on any atom is 0.193 e. The van der Waals surface area contributed by atoms with Crippen LogP contribution >= 0.6 is 0 Å². The van der Waals surface area contributed by atoms with E-state index in [-0.39, 0.29) is 0 Å². The first kappa shape index (κ1) is 17.3. The third-order valence-corrected chi connectivity index (χ3v) is 3.69. The van der Waals surface area contributed by atoms with Crippen molar-refractivity contribution in [2.45, 2.75) is 46.0 Å². The van der Waals surface area contributed by atoms with Gasteiger partial charge in [0.15, 0.2) is 5.96 Å². The van der Waals surface area contributed by atoms with E-state index in [0.717, 1.165) is 44.1 Å². The third-order valence-electron chi connectivity index (χ3n) is 3.69. The molecule has 0 heterocycles. The number of nitrogens with one attached hydrogen (secondary N) is 1. The fourth-order valence-electron chi connectivity index (χ4n) is 2.10. The lowest BCUT2D eigenvalue weighted by Crippen LogP contribution is -2.41. The minimum absolute atomic E-state index is 0.793. The third kappa shape index (κ3) is 8.41. The van der Waals surface area contributed by atoms with E-state index in [4.69, 9.17) is 4.74 Å². The fraction of sp³-hybridized carbons (Fsp3) is 0.938. The molecule has 0 aromatic heterocycles. The first-order valence-electron chi connectivity index (χ1n) is 8.13. The lowest BCUT2D eigenvalue weighted by Gasteiger charge is -2.22. The summed E-state index contributed by atoms with van der Waals surface area (Å²) in [6, 6.07) is 0. The van der Waals surface area contributed by atoms with Crippen LogP contribution in [-0.2, 0) is 4.74 Å². The Balaban J connectivity index is 2.03. The molecule has 4 heteroatoms. The van der Waals surface area contributed by atoms with Crippen LogP contribution in [0.15, 0.2) is 4.99 Å². The van der Waals surface area contributed by atoms with Gasteiger partial charge in [0.2, 0.25) is 0 Å². The van der Waals surface area contributed by atoms with Crippen LogP contribution in [0.4, 0.5) is 0 Å². The molecule has 1 aliphatic carbocycles. The van der Waals surface area contributed by atoms with Gasteiger partial charge in [0, 0.05) is 33.8 Å². The van der Waals surface area contributed by atoms with E-state index in [1.54, 1.807) is 0 Å². The monoisotopic (exact) mass is 283 g/mol. The standard InChI is InChI=1S/C16H33N3O/c1-14(2)7-5-6-10-18-16(17-3)19(4)11-12-20-13-15-8-9-15/h14-15H,5-13H2,1-4H3,(H,17,18). The van der Waals surface area contributed by atoms with Gasteiger partial charge in [-0.1, -0.05) is 26.7 Å². The number of likely N-dealkylation sites (N-methyl/N-ethyl adjacent to an activating group) is 1. The van der Waals surface area contributed by atoms with E-state index >= 15 is 0 Å². The number of unbranched alkanes of at least 4 members (excludes halogenated alkanes) is 1. The molecule has 1 saturated carbocycles. The maximum atomic E-state index is 5.67. The summed E-state index contributed by atoms with van der Waals surface area (Å²) in [6.45, 7) is 8.20. The molecular formula is C16H33N3O. The van der Waals surface area contributed by atoms with E-state index in [1.807, 2.05) is 7.05 Å². The van der Waals surface area contributed by atoms with Gasteiger partial charge in [-0.2, -0.15) is 0 Å². The minimum atomic E-state index is 0.793. The van der Waals surface area contributed by atoms with Gasteiger partial charge in [-0.15, -0.1) is 0 Å². The number of guanidine groups is 1. The molecule has 1 N–H and O–H groups in total. The predicted octanol–water partition coefficient (Wildman–Crippen LogP) is 2.75. The van der Waals surface area contributed by atoms with Crippen molar-refractivity contribution in [3.05, 3.63) is 0 Å². The Labute approximate surface area is 125 Å². The van der Waals surface area contributed by atoms with Crippen molar-refractivity contribution in [3.8, 4) is 0 Å². The Morgan fingerprint density at radius 2 is 2.10 bits per heavy atom. The normalized spacial score (nSPS) is 15.8. The Morgan fingerprint density at radius 3 is 2.70 bits per heavy atom. The minimum Gasteiger partial charge on any atom is -0.379 e. The molecular weight excluding hydrogens is 250 g/mol. The second-order valence-corrected chi connectivity index (χ2v) is 6.30. The van der Waals surface area contributed by atoms with E-state index < -0.39 is 0 Å². The van der Waals surface area contributed by atoms with Gasteiger partial charge in [0.25, 0.3) is 0 Å². The van der Waals surface area contributed by atoms with E-state index in [9.17, 15) is 0 Å². The summed E-state index contributed by atoms with van der Waals surface area (Å²) >= 11 is 0. The van der Waals surface area contributed by atoms with Gasteiger partial charge in [-0.05, 0) is 31.1 Å². The molecule has 4 nitrogen and oxygen atoms in total. The van der Waals surface area contributed by atoms with Crippen LogP contribution in [0.1, 0.15) is 46.0 Å². The highest BCUT2D eigenvalue weighted by atomic mass is 16.5. The van der Waals surface area contributed by atoms with Crippen LogP contribution < -0.4 is 5.32 Å². The molecule has 0 spiro atoms. The van der Waals surface area contributed by atoms with Crippen LogP contribution in [0.5, 0.6) is 0 Å². The molecule has 0 unspecified atom stereocenters. The van der Waals surface area contributed by atoms with Gasteiger partial charge < -0.3 is 15.0 Å². The molecule has 20 heavy (non-hydrogen) atoms. The average molecular weight is 283 g/mol. The summed E-state index contributed by atoms with van der Waals surface area (Å²) in [6.07, 6.45) is 6.52. The number of aliphatic imine (C=N–C) groups is 1. The summed E-state index contributed by atoms with van der Waals surface area (Å²) in [5.41, 5.74) is 0. The summed E-state index contributed by atoms with van der Waals surface area (Å²) < 4.78 is 5.67. The van der Waals surface area contributed by atoms with E-state index in [0.29, 0.717) is 0 Å². The highest BCUT2D eigenvalue weighted by Gasteiger charge is 2.21. The van der Waals surface area contributed by atoms with E-state index in [1.165, 1.54) is 32.1 Å². The zero-order valence-electron chi connectivity index (χ0n) is 13.8. The van der Waals surface area contributed by atoms with Gasteiger partial charge in [0.05, 0.1) is 6.61 Å². The Morgan fingerprint density at radius 1 is 1.35 bits per heavy atom. The highest BCUT2D eigenvalue weighted by Crippen LogP contribution is 2.28. The van der Waals surface area contributed by atoms with Crippen molar-refractivity contribution in [1.29, 1.82) is 0 Å². The van der Waals surface area contributed by atoms with Crippen LogP contribution in [-0.4, -0.2) is 51.3 Å². The molecule has 1 fully saturated rings. The van der Waals surface area contributed by atoms with Gasteiger partial charge in [-0.25, -0.2) is 0 Å². The first-order valence-corrected chi connectivity index (χ1v) is 8.13. The second-order valence-electron chi connectivity index (χ2n) is 6.30. The molecule has 0 amide bonds. The summed E-state index contributed by atoms with van der Waals surface area (Å²) in [5, 5.41) is 3.43. The Kier molecular flexibility index (Phi) is 8.67. The molecule has 118 valence electrons. The second kappa shape index (κ2) is 10.0. The van der Waals surface area contributed by atoms with Crippen molar-refractivity contribution in [3.63, 3.8) is 0 Å². The van der Waals surface area contributed by atoms with Crippen molar-refractivity contribution < 1.29 is 4.74 Å². The lowest BCUT2D eigenvalue weighted by atomic mass is 10.1. The predicted molar refractivity (Wildman–Crippen MR) is 86.2 cm³/mol. The molecule has 0 aromatic rings. The molecule has 0 radical (unpaired) electrons. The molecule has 1 aliphatic rings. The average Bonchev–Trinajstić information content (AvgIpc) is 3.22. The zero-order valence-corrected chi connectivity index (χ0v) is 13.8. The number of ether oxygens (including phenoxy) is 1. The van der Waals surface area contributed by atoms with E-state index in [2.05, 4.69) is 36.1 Å². The number of rotatable bonds is 10. The summed E-state index contributed by atoms with van der Waals surface area (Å²) in [4.78, 5) is 6.47. The molecule has 0 saturated heterocycles. The van der Waals surface area contributed by atoms with Crippen LogP contribution in [0.25, 0.3) is 0 Å². The Bertz CT molecular complexity index is 275. The highest BCUT2D eigenvalue weighted by molar-refractivity contribution is 5.79. The van der Waals surface area contributed by atoms with Gasteiger partial charge in [0.1, 0.15) is 0 Å². The molecule has 1 rings (SSSR count). The summed E-state index contributed by atoms with van der Waals surface area (Å²) in [5.74, 6) is 2.63. The Hall–Kier alpha value is -0.770. The van der Waals surface area contributed by atoms with Crippen LogP contribution in [0, 0.1) is 11.8 Å². The topological polar surface area (TPSA) is 36.9 Å². The smallest absolute Gasteiger partial charge is 0.193 e. The van der Waals surface area contributed by atoms with Crippen LogP contribution in [0.2, 0.25) is 0 Å². The number of hydrogen-bond donors (Lipinski definition) is 1. The van der Waals surface area contributed by atoms with Crippen LogP contribution in [0.3, 0.4) is 0 Å². The lowest BCUT2D eigenvalue weighted by molar-refractivity contribution is 0.115. The molecule has 0 atom stereocenters. The summed E-state index contributed by atoms with van der Waals surface area (Å²) in [7, 11) is 3.92. The number of hydrogen-bond acceptors (Lipinski definition) is 2. The van der Waals surface area contributed by atoms with Crippen molar-refractivity contribution in [1.82, 2.24) is 10.2 Å². The van der Waals surface area contributed by atoms with Crippen molar-refractivity contribution in [2.24, 2.45) is 16.8 Å². The zero-order chi connectivity index (χ0) is 14.8. The number of nitrogens with zero attached hydrogens (tertiary/aromatic N) is 2. The molecule has 0 aromatic carbocycles. The quantitative estimate of drug-likeness (QED) is 0.380. The maximum absolute atomic E-state index is 5.67. The molecule has 0 bridgehead atoms. The van der Waals surface area contributed by atoms with Gasteiger partial charge >= 0.3 is 0 Å². The largest absolute Gasteiger partial charge is 0.379 e.